The number of thiazole rings is 1. The number of thiophene rings is 1. The van der Waals surface area contributed by atoms with Crippen LogP contribution in [-0.4, -0.2) is 26.7 Å². The van der Waals surface area contributed by atoms with Gasteiger partial charge in [-0.2, -0.15) is 13.2 Å². The van der Waals surface area contributed by atoms with Gasteiger partial charge in [-0.3, -0.25) is 9.59 Å². The van der Waals surface area contributed by atoms with Gasteiger partial charge in [-0.25, -0.2) is 4.98 Å². The second-order valence-corrected chi connectivity index (χ2v) is 9.47. The molecule has 5 nitrogen and oxygen atoms in total. The number of ketones is 1. The number of carbonyl (C=O) groups is 2. The molecular weight excluding hydrogens is 461 g/mol. The molecule has 0 bridgehead atoms. The monoisotopic (exact) mass is 478 g/mol. The summed E-state index contributed by atoms with van der Waals surface area (Å²) >= 11 is 2.45. The number of alkyl halides is 3. The third kappa shape index (κ3) is 3.95. The molecule has 32 heavy (non-hydrogen) atoms. The molecule has 0 aliphatic carbocycles. The Balaban J connectivity index is 1.76. The van der Waals surface area contributed by atoms with E-state index in [4.69, 9.17) is 0 Å². The van der Waals surface area contributed by atoms with E-state index < -0.39 is 35.2 Å². The highest BCUT2D eigenvalue weighted by atomic mass is 32.1. The van der Waals surface area contributed by atoms with Gasteiger partial charge in [-0.05, 0) is 43.0 Å². The van der Waals surface area contributed by atoms with E-state index in [1.807, 2.05) is 0 Å². The number of rotatable bonds is 5. The smallest absolute Gasteiger partial charge is 0.416 e. The first-order valence-corrected chi connectivity index (χ1v) is 11.2. The molecule has 1 aromatic carbocycles. The van der Waals surface area contributed by atoms with Gasteiger partial charge in [0.2, 0.25) is 5.78 Å². The maximum atomic E-state index is 13.4. The van der Waals surface area contributed by atoms with Crippen LogP contribution in [0.1, 0.15) is 42.4 Å². The summed E-state index contributed by atoms with van der Waals surface area (Å²) < 4.78 is 39.4. The molecule has 0 spiro atoms. The van der Waals surface area contributed by atoms with Crippen LogP contribution >= 0.6 is 22.7 Å². The molecule has 4 rings (SSSR count). The number of halogens is 3. The highest BCUT2D eigenvalue weighted by molar-refractivity contribution is 7.14. The highest BCUT2D eigenvalue weighted by Gasteiger charge is 2.45. The Hall–Kier alpha value is -2.98. The maximum Gasteiger partial charge on any atom is 0.416 e. The number of hydrogen-bond acceptors (Lipinski definition) is 6. The van der Waals surface area contributed by atoms with Gasteiger partial charge in [0.05, 0.1) is 26.7 Å². The van der Waals surface area contributed by atoms with Crippen molar-refractivity contribution in [2.45, 2.75) is 32.6 Å². The number of aryl methyl sites for hydroxylation is 2. The number of benzene rings is 1. The zero-order valence-electron chi connectivity index (χ0n) is 16.9. The number of amides is 1. The molecule has 3 aromatic rings. The lowest BCUT2D eigenvalue weighted by atomic mass is 10.00. The lowest BCUT2D eigenvalue weighted by molar-refractivity contribution is -0.137. The fourth-order valence-corrected chi connectivity index (χ4v) is 5.42. The van der Waals surface area contributed by atoms with Crippen LogP contribution < -0.4 is 0 Å². The van der Waals surface area contributed by atoms with E-state index in [1.165, 1.54) is 28.4 Å². The van der Waals surface area contributed by atoms with E-state index in [1.54, 1.807) is 31.4 Å². The van der Waals surface area contributed by atoms with Crippen molar-refractivity contribution in [3.8, 4) is 0 Å². The summed E-state index contributed by atoms with van der Waals surface area (Å²) in [5, 5.41) is 13.1. The minimum atomic E-state index is -4.53. The summed E-state index contributed by atoms with van der Waals surface area (Å²) in [7, 11) is 0. The summed E-state index contributed by atoms with van der Waals surface area (Å²) in [6, 6.07) is 7.21. The Morgan fingerprint density at radius 3 is 2.56 bits per heavy atom. The number of aliphatic hydroxyl groups excluding tert-OH is 1. The normalized spacial score (nSPS) is 16.8. The van der Waals surface area contributed by atoms with E-state index in [2.05, 4.69) is 4.98 Å². The van der Waals surface area contributed by atoms with Crippen LogP contribution in [-0.2, 0) is 17.5 Å². The Morgan fingerprint density at radius 1 is 1.22 bits per heavy atom. The van der Waals surface area contributed by atoms with Crippen LogP contribution in [0.15, 0.2) is 53.1 Å². The predicted molar refractivity (Wildman–Crippen MR) is 115 cm³/mol. The van der Waals surface area contributed by atoms with Crippen molar-refractivity contribution < 1.29 is 27.9 Å². The van der Waals surface area contributed by atoms with E-state index >= 15 is 0 Å². The maximum absolute atomic E-state index is 13.4. The quantitative estimate of drug-likeness (QED) is 0.484. The zero-order valence-corrected chi connectivity index (χ0v) is 18.6. The Morgan fingerprint density at radius 2 is 1.97 bits per heavy atom. The minimum Gasteiger partial charge on any atom is -0.503 e. The van der Waals surface area contributed by atoms with Crippen molar-refractivity contribution in [2.75, 3.05) is 0 Å². The lowest BCUT2D eigenvalue weighted by Crippen LogP contribution is -2.30. The summed E-state index contributed by atoms with van der Waals surface area (Å²) in [6.45, 7) is 3.22. The largest absolute Gasteiger partial charge is 0.503 e. The first-order chi connectivity index (χ1) is 15.1. The summed E-state index contributed by atoms with van der Waals surface area (Å²) in [5.74, 6) is -2.00. The summed E-state index contributed by atoms with van der Waals surface area (Å²) in [4.78, 5) is 32.7. The van der Waals surface area contributed by atoms with E-state index in [0.29, 0.717) is 20.5 Å². The third-order valence-corrected chi connectivity index (χ3v) is 7.07. The number of aromatic nitrogens is 1. The zero-order chi connectivity index (χ0) is 23.2. The topological polar surface area (TPSA) is 70.5 Å². The standard InChI is InChI=1S/C22H17F3N2O3S2/c1-11-20(32-12(2)26-11)18(28)16-17(15-7-4-8-31-15)27(21(30)19(16)29)10-13-5-3-6-14(9-13)22(23,24)25/h3-9,17,29H,10H2,1-2H3. The second kappa shape index (κ2) is 8.18. The van der Waals surface area contributed by atoms with Crippen LogP contribution in [0.5, 0.6) is 0 Å². The number of carbonyl (C=O) groups excluding carboxylic acids is 2. The molecule has 3 heterocycles. The molecule has 0 fully saturated rings. The first-order valence-electron chi connectivity index (χ1n) is 9.50. The highest BCUT2D eigenvalue weighted by Crippen LogP contribution is 2.42. The lowest BCUT2D eigenvalue weighted by Gasteiger charge is -2.26. The van der Waals surface area contributed by atoms with Crippen LogP contribution in [0, 0.1) is 13.8 Å². The van der Waals surface area contributed by atoms with Gasteiger partial charge in [-0.1, -0.05) is 18.2 Å². The van der Waals surface area contributed by atoms with Crippen LogP contribution in [0.4, 0.5) is 13.2 Å². The molecule has 2 aromatic heterocycles. The third-order valence-electron chi connectivity index (χ3n) is 5.08. The average molecular weight is 479 g/mol. The van der Waals surface area contributed by atoms with Crippen molar-refractivity contribution in [1.29, 1.82) is 0 Å². The summed E-state index contributed by atoms with van der Waals surface area (Å²) in [5.41, 5.74) is -0.192. The van der Waals surface area contributed by atoms with Crippen molar-refractivity contribution in [3.05, 3.63) is 84.7 Å². The van der Waals surface area contributed by atoms with Crippen molar-refractivity contribution >= 4 is 34.4 Å². The number of nitrogens with zero attached hydrogens (tertiary/aromatic N) is 2. The molecular formula is C22H17F3N2O3S2. The SMILES string of the molecule is Cc1nc(C)c(C(=O)C2=C(O)C(=O)N(Cc3cccc(C(F)(F)F)c3)C2c2cccs2)s1. The second-order valence-electron chi connectivity index (χ2n) is 7.29. The van der Waals surface area contributed by atoms with Gasteiger partial charge in [0.25, 0.3) is 5.91 Å². The minimum absolute atomic E-state index is 0.0869. The Bertz CT molecular complexity index is 1230. The number of aliphatic hydroxyl groups is 1. The molecule has 10 heteroatoms. The molecule has 1 unspecified atom stereocenters. The average Bonchev–Trinajstić information content (AvgIpc) is 3.42. The molecule has 0 radical (unpaired) electrons. The molecule has 166 valence electrons. The van der Waals surface area contributed by atoms with Crippen molar-refractivity contribution in [3.63, 3.8) is 0 Å². The molecule has 1 aliphatic heterocycles. The van der Waals surface area contributed by atoms with E-state index in [9.17, 15) is 27.9 Å². The van der Waals surface area contributed by atoms with Gasteiger partial charge >= 0.3 is 6.18 Å². The van der Waals surface area contributed by atoms with E-state index in [-0.39, 0.29) is 17.7 Å². The Kier molecular flexibility index (Phi) is 5.68. The Labute approximate surface area is 189 Å². The van der Waals surface area contributed by atoms with Gasteiger partial charge in [0.1, 0.15) is 6.04 Å². The summed E-state index contributed by atoms with van der Waals surface area (Å²) in [6.07, 6.45) is -4.53. The number of Topliss-reactive ketones (excluding diaryl/α,β-unsaturated/α-hetero) is 1. The van der Waals surface area contributed by atoms with Gasteiger partial charge in [-0.15, -0.1) is 22.7 Å². The fourth-order valence-electron chi connectivity index (χ4n) is 3.70. The van der Waals surface area contributed by atoms with Crippen molar-refractivity contribution in [2.24, 2.45) is 0 Å². The molecule has 0 saturated carbocycles. The van der Waals surface area contributed by atoms with E-state index in [0.717, 1.165) is 23.5 Å². The van der Waals surface area contributed by atoms with Crippen LogP contribution in [0.25, 0.3) is 0 Å². The fraction of sp³-hybridized carbons (Fsp3) is 0.227. The first kappa shape index (κ1) is 22.2. The van der Waals surface area contributed by atoms with Gasteiger partial charge in [0, 0.05) is 11.4 Å². The molecule has 1 atom stereocenters. The number of hydrogen-bond donors (Lipinski definition) is 1. The predicted octanol–water partition coefficient (Wildman–Crippen LogP) is 5.62. The van der Waals surface area contributed by atoms with Gasteiger partial charge in [0.15, 0.2) is 5.76 Å². The van der Waals surface area contributed by atoms with Crippen LogP contribution in [0.2, 0.25) is 0 Å². The van der Waals surface area contributed by atoms with Gasteiger partial charge < -0.3 is 10.0 Å². The molecule has 1 amide bonds. The molecule has 1 N–H and O–H groups in total. The molecule has 1 aliphatic rings. The van der Waals surface area contributed by atoms with Crippen LogP contribution in [0.3, 0.4) is 0 Å². The molecule has 0 saturated heterocycles. The van der Waals surface area contributed by atoms with Crippen molar-refractivity contribution in [1.82, 2.24) is 9.88 Å².